The minimum atomic E-state index is -0.219. The van der Waals surface area contributed by atoms with Crippen molar-refractivity contribution in [2.75, 3.05) is 5.32 Å². The van der Waals surface area contributed by atoms with Gasteiger partial charge >= 0.3 is 0 Å². The monoisotopic (exact) mass is 341 g/mol. The quantitative estimate of drug-likeness (QED) is 0.695. The van der Waals surface area contributed by atoms with Crippen molar-refractivity contribution in [3.05, 3.63) is 64.4 Å². The summed E-state index contributed by atoms with van der Waals surface area (Å²) in [5.41, 5.74) is 2.92. The summed E-state index contributed by atoms with van der Waals surface area (Å²) in [7, 11) is 0. The number of benzene rings is 2. The SMILES string of the molecule is CC(=O)c1oc2cc(C)ccc2c1CC(=O)Nc1ccc(Cl)cc1. The normalized spacial score (nSPS) is 10.8. The highest BCUT2D eigenvalue weighted by atomic mass is 35.5. The van der Waals surface area contributed by atoms with Crippen molar-refractivity contribution in [3.63, 3.8) is 0 Å². The Bertz CT molecular complexity index is 926. The summed E-state index contributed by atoms with van der Waals surface area (Å²) in [6.07, 6.45) is 0.0631. The molecule has 3 rings (SSSR count). The largest absolute Gasteiger partial charge is 0.453 e. The van der Waals surface area contributed by atoms with E-state index in [1.54, 1.807) is 24.3 Å². The van der Waals surface area contributed by atoms with Gasteiger partial charge in [0.15, 0.2) is 11.5 Å². The molecule has 0 atom stereocenters. The van der Waals surface area contributed by atoms with E-state index in [0.29, 0.717) is 21.9 Å². The fourth-order valence-electron chi connectivity index (χ4n) is 2.62. The van der Waals surface area contributed by atoms with Gasteiger partial charge in [-0.3, -0.25) is 9.59 Å². The molecule has 0 spiro atoms. The topological polar surface area (TPSA) is 59.3 Å². The van der Waals surface area contributed by atoms with Gasteiger partial charge in [0.1, 0.15) is 5.58 Å². The Morgan fingerprint density at radius 3 is 2.50 bits per heavy atom. The number of carbonyl (C=O) groups excluding carboxylic acids is 2. The third-order valence-corrected chi connectivity index (χ3v) is 3.99. The van der Waals surface area contributed by atoms with Crippen molar-refractivity contribution in [1.82, 2.24) is 0 Å². The van der Waals surface area contributed by atoms with E-state index in [9.17, 15) is 9.59 Å². The number of Topliss-reactive ketones (excluding diaryl/α,β-unsaturated/α-hetero) is 1. The van der Waals surface area contributed by atoms with Crippen LogP contribution in [0.15, 0.2) is 46.9 Å². The van der Waals surface area contributed by atoms with Crippen molar-refractivity contribution in [2.24, 2.45) is 0 Å². The zero-order chi connectivity index (χ0) is 17.3. The molecule has 0 radical (unpaired) electrons. The minimum Gasteiger partial charge on any atom is -0.453 e. The molecule has 0 bridgehead atoms. The molecule has 1 heterocycles. The maximum absolute atomic E-state index is 12.4. The van der Waals surface area contributed by atoms with E-state index in [2.05, 4.69) is 5.32 Å². The predicted octanol–water partition coefficient (Wildman–Crippen LogP) is 4.78. The molecule has 0 saturated carbocycles. The van der Waals surface area contributed by atoms with Crippen LogP contribution in [0.4, 0.5) is 5.69 Å². The molecule has 122 valence electrons. The molecule has 0 saturated heterocycles. The number of halogens is 1. The van der Waals surface area contributed by atoms with Gasteiger partial charge in [0.2, 0.25) is 5.91 Å². The van der Waals surface area contributed by atoms with Gasteiger partial charge in [-0.05, 0) is 42.8 Å². The lowest BCUT2D eigenvalue weighted by molar-refractivity contribution is -0.115. The van der Waals surface area contributed by atoms with Crippen LogP contribution in [-0.2, 0) is 11.2 Å². The van der Waals surface area contributed by atoms with Gasteiger partial charge in [0.25, 0.3) is 0 Å². The highest BCUT2D eigenvalue weighted by Crippen LogP contribution is 2.28. The first-order valence-corrected chi connectivity index (χ1v) is 7.90. The second-order valence-electron chi connectivity index (χ2n) is 5.70. The molecule has 1 amide bonds. The molecular weight excluding hydrogens is 326 g/mol. The third-order valence-electron chi connectivity index (χ3n) is 3.73. The molecule has 24 heavy (non-hydrogen) atoms. The van der Waals surface area contributed by atoms with E-state index >= 15 is 0 Å². The van der Waals surface area contributed by atoms with Crippen molar-refractivity contribution in [3.8, 4) is 0 Å². The first kappa shape index (κ1) is 16.3. The van der Waals surface area contributed by atoms with E-state index in [1.165, 1.54) is 6.92 Å². The summed E-state index contributed by atoms with van der Waals surface area (Å²) in [6.45, 7) is 3.38. The second kappa shape index (κ2) is 6.49. The van der Waals surface area contributed by atoms with Gasteiger partial charge in [0.05, 0.1) is 6.42 Å². The fourth-order valence-corrected chi connectivity index (χ4v) is 2.74. The summed E-state index contributed by atoms with van der Waals surface area (Å²) in [5.74, 6) is -0.178. The Balaban J connectivity index is 1.90. The van der Waals surface area contributed by atoms with Crippen LogP contribution in [0.1, 0.15) is 28.6 Å². The number of hydrogen-bond acceptors (Lipinski definition) is 3. The zero-order valence-electron chi connectivity index (χ0n) is 13.4. The average Bonchev–Trinajstić information content (AvgIpc) is 2.87. The highest BCUT2D eigenvalue weighted by molar-refractivity contribution is 6.30. The fraction of sp³-hybridized carbons (Fsp3) is 0.158. The maximum atomic E-state index is 12.4. The maximum Gasteiger partial charge on any atom is 0.228 e. The number of amides is 1. The van der Waals surface area contributed by atoms with Crippen LogP contribution in [0.2, 0.25) is 5.02 Å². The first-order valence-electron chi connectivity index (χ1n) is 7.52. The lowest BCUT2D eigenvalue weighted by atomic mass is 10.0. The summed E-state index contributed by atoms with van der Waals surface area (Å²) < 4.78 is 5.66. The lowest BCUT2D eigenvalue weighted by Gasteiger charge is -2.05. The van der Waals surface area contributed by atoms with E-state index in [1.807, 2.05) is 25.1 Å². The second-order valence-corrected chi connectivity index (χ2v) is 6.13. The average molecular weight is 342 g/mol. The smallest absolute Gasteiger partial charge is 0.228 e. The Morgan fingerprint density at radius 2 is 1.83 bits per heavy atom. The summed E-state index contributed by atoms with van der Waals surface area (Å²) >= 11 is 5.83. The van der Waals surface area contributed by atoms with Crippen LogP contribution in [0.3, 0.4) is 0 Å². The zero-order valence-corrected chi connectivity index (χ0v) is 14.1. The van der Waals surface area contributed by atoms with Crippen molar-refractivity contribution in [1.29, 1.82) is 0 Å². The standard InChI is InChI=1S/C19H16ClNO3/c1-11-3-8-15-16(19(12(2)22)24-17(15)9-11)10-18(23)21-14-6-4-13(20)5-7-14/h3-9H,10H2,1-2H3,(H,21,23). The summed E-state index contributed by atoms with van der Waals surface area (Å²) in [6, 6.07) is 12.5. The van der Waals surface area contributed by atoms with Crippen LogP contribution in [-0.4, -0.2) is 11.7 Å². The van der Waals surface area contributed by atoms with Gasteiger partial charge in [-0.25, -0.2) is 0 Å². The number of furan rings is 1. The van der Waals surface area contributed by atoms with Crippen LogP contribution in [0, 0.1) is 6.92 Å². The van der Waals surface area contributed by atoms with E-state index in [-0.39, 0.29) is 23.9 Å². The number of hydrogen-bond donors (Lipinski definition) is 1. The van der Waals surface area contributed by atoms with Crippen molar-refractivity contribution < 1.29 is 14.0 Å². The van der Waals surface area contributed by atoms with Crippen LogP contribution in [0.5, 0.6) is 0 Å². The number of nitrogens with one attached hydrogen (secondary N) is 1. The van der Waals surface area contributed by atoms with E-state index in [4.69, 9.17) is 16.0 Å². The molecule has 3 aromatic rings. The molecule has 1 aromatic heterocycles. The van der Waals surface area contributed by atoms with Crippen molar-refractivity contribution in [2.45, 2.75) is 20.3 Å². The van der Waals surface area contributed by atoms with Gasteiger partial charge < -0.3 is 9.73 Å². The minimum absolute atomic E-state index is 0.0631. The summed E-state index contributed by atoms with van der Waals surface area (Å²) in [5, 5.41) is 4.19. The Kier molecular flexibility index (Phi) is 4.40. The molecule has 0 aliphatic heterocycles. The van der Waals surface area contributed by atoms with Gasteiger partial charge in [0, 0.05) is 28.6 Å². The number of fused-ring (bicyclic) bond motifs is 1. The Hall–Kier alpha value is -2.59. The molecule has 4 nitrogen and oxygen atoms in total. The molecule has 0 unspecified atom stereocenters. The third kappa shape index (κ3) is 3.34. The predicted molar refractivity (Wildman–Crippen MR) is 94.7 cm³/mol. The van der Waals surface area contributed by atoms with Crippen LogP contribution >= 0.6 is 11.6 Å². The number of carbonyl (C=O) groups is 2. The molecular formula is C19H16ClNO3. The lowest BCUT2D eigenvalue weighted by Crippen LogP contribution is -2.15. The molecule has 0 fully saturated rings. The van der Waals surface area contributed by atoms with Crippen LogP contribution < -0.4 is 5.32 Å². The Morgan fingerprint density at radius 1 is 1.12 bits per heavy atom. The number of rotatable bonds is 4. The van der Waals surface area contributed by atoms with Gasteiger partial charge in [-0.15, -0.1) is 0 Å². The molecule has 0 aliphatic rings. The van der Waals surface area contributed by atoms with Crippen LogP contribution in [0.25, 0.3) is 11.0 Å². The Labute approximate surface area is 144 Å². The van der Waals surface area contributed by atoms with E-state index in [0.717, 1.165) is 10.9 Å². The molecule has 2 aromatic carbocycles. The highest BCUT2D eigenvalue weighted by Gasteiger charge is 2.20. The number of anilines is 1. The van der Waals surface area contributed by atoms with Gasteiger partial charge in [-0.2, -0.15) is 0 Å². The summed E-state index contributed by atoms with van der Waals surface area (Å²) in [4.78, 5) is 24.2. The number of ketones is 1. The molecule has 0 aliphatic carbocycles. The van der Waals surface area contributed by atoms with Crippen molar-refractivity contribution >= 4 is 39.9 Å². The number of aryl methyl sites for hydroxylation is 1. The van der Waals surface area contributed by atoms with E-state index < -0.39 is 0 Å². The molecule has 1 N–H and O–H groups in total. The first-order chi connectivity index (χ1) is 11.4. The molecule has 5 heteroatoms. The van der Waals surface area contributed by atoms with Gasteiger partial charge in [-0.1, -0.05) is 23.7 Å².